The minimum Gasteiger partial charge on any atom is -0.390 e. The van der Waals surface area contributed by atoms with Crippen molar-refractivity contribution in [3.05, 3.63) is 74.9 Å². The molecule has 1 aliphatic carbocycles. The quantitative estimate of drug-likeness (QED) is 0.314. The molecule has 4 atom stereocenters. The van der Waals surface area contributed by atoms with Crippen LogP contribution in [0.5, 0.6) is 0 Å². The summed E-state index contributed by atoms with van der Waals surface area (Å²) in [5.41, 5.74) is 3.94. The van der Waals surface area contributed by atoms with Crippen molar-refractivity contribution >= 4 is 33.2 Å². The Kier molecular flexibility index (Phi) is 7.39. The van der Waals surface area contributed by atoms with Crippen molar-refractivity contribution < 1.29 is 22.5 Å². The standard InChI is InChI=1S/C25H29N5O5S2/c1-14-18(23-17-6-4-3-5-15(17)7-8-28-23)11-22(36-14)24(32)19-12-27-13-29-25(19)30-16-9-20(31)21(10-16)35-37(33,34)26-2/h3-6,11-13,16,20-21,23,26,28,31H,7-10H2,1-2H3,(H,27,29,30)/t16-,20+,21-,23-/m1/s1. The number of aliphatic hydroxyl groups is 1. The van der Waals surface area contributed by atoms with Gasteiger partial charge in [0.05, 0.1) is 22.6 Å². The number of thiophene rings is 1. The van der Waals surface area contributed by atoms with E-state index < -0.39 is 22.5 Å². The molecule has 0 spiro atoms. The van der Waals surface area contributed by atoms with E-state index in [0.717, 1.165) is 23.4 Å². The summed E-state index contributed by atoms with van der Waals surface area (Å²) in [7, 11) is -2.70. The van der Waals surface area contributed by atoms with Crippen LogP contribution in [0.15, 0.2) is 42.9 Å². The van der Waals surface area contributed by atoms with Crippen LogP contribution in [0.4, 0.5) is 5.82 Å². The largest absolute Gasteiger partial charge is 0.390 e. The number of benzene rings is 1. The van der Waals surface area contributed by atoms with E-state index in [-0.39, 0.29) is 30.7 Å². The highest BCUT2D eigenvalue weighted by molar-refractivity contribution is 7.84. The van der Waals surface area contributed by atoms with Crippen LogP contribution in [0.2, 0.25) is 0 Å². The van der Waals surface area contributed by atoms with Crippen molar-refractivity contribution in [2.24, 2.45) is 0 Å². The summed E-state index contributed by atoms with van der Waals surface area (Å²) in [5.74, 6) is 0.138. The van der Waals surface area contributed by atoms with Crippen LogP contribution in [-0.4, -0.2) is 61.1 Å². The van der Waals surface area contributed by atoms with Gasteiger partial charge in [-0.05, 0) is 48.9 Å². The molecule has 2 aromatic heterocycles. The number of carbonyl (C=O) groups excluding carboxylic acids is 1. The summed E-state index contributed by atoms with van der Waals surface area (Å²) in [6.07, 6.45) is 2.40. The average molecular weight is 544 g/mol. The Morgan fingerprint density at radius 2 is 2.05 bits per heavy atom. The second kappa shape index (κ2) is 10.6. The Morgan fingerprint density at radius 3 is 2.86 bits per heavy atom. The minimum atomic E-state index is -3.94. The van der Waals surface area contributed by atoms with Crippen LogP contribution in [0.25, 0.3) is 0 Å². The van der Waals surface area contributed by atoms with Crippen molar-refractivity contribution in [1.29, 1.82) is 0 Å². The van der Waals surface area contributed by atoms with Crippen LogP contribution in [0.1, 0.15) is 55.7 Å². The lowest BCUT2D eigenvalue weighted by Gasteiger charge is -2.27. The van der Waals surface area contributed by atoms with Gasteiger partial charge in [-0.1, -0.05) is 24.3 Å². The van der Waals surface area contributed by atoms with Crippen LogP contribution < -0.4 is 15.4 Å². The van der Waals surface area contributed by atoms with Gasteiger partial charge in [-0.3, -0.25) is 8.98 Å². The molecule has 1 fully saturated rings. The van der Waals surface area contributed by atoms with E-state index in [2.05, 4.69) is 43.5 Å². The number of aromatic nitrogens is 2. The molecule has 4 N–H and O–H groups in total. The number of ketones is 1. The Morgan fingerprint density at radius 1 is 1.24 bits per heavy atom. The summed E-state index contributed by atoms with van der Waals surface area (Å²) in [6, 6.07) is 10.0. The van der Waals surface area contributed by atoms with Crippen molar-refractivity contribution in [1.82, 2.24) is 20.0 Å². The zero-order valence-electron chi connectivity index (χ0n) is 20.5. The topological polar surface area (TPSA) is 143 Å². The van der Waals surface area contributed by atoms with E-state index >= 15 is 0 Å². The number of hydrogen-bond donors (Lipinski definition) is 4. The number of anilines is 1. The number of nitrogens with one attached hydrogen (secondary N) is 3. The molecular formula is C25H29N5O5S2. The SMILES string of the molecule is CNS(=O)(=O)O[C@@H]1C[C@H](Nc2ncncc2C(=O)c2cc([C@@H]3NCCc4ccccc43)c(C)s2)C[C@@H]1O. The first kappa shape index (κ1) is 25.9. The molecule has 3 aromatic rings. The number of fused-ring (bicyclic) bond motifs is 1. The van der Waals surface area contributed by atoms with Gasteiger partial charge in [-0.15, -0.1) is 11.3 Å². The molecule has 0 bridgehead atoms. The Hall–Kier alpha value is -2.74. The molecule has 0 radical (unpaired) electrons. The van der Waals surface area contributed by atoms with E-state index in [1.807, 2.05) is 19.1 Å². The van der Waals surface area contributed by atoms with Crippen LogP contribution in [0.3, 0.4) is 0 Å². The molecule has 1 saturated carbocycles. The number of hydrogen-bond acceptors (Lipinski definition) is 10. The molecule has 1 aliphatic heterocycles. The van der Waals surface area contributed by atoms with E-state index in [0.29, 0.717) is 16.3 Å². The summed E-state index contributed by atoms with van der Waals surface area (Å²) in [4.78, 5) is 23.6. The molecule has 0 amide bonds. The first-order chi connectivity index (χ1) is 17.8. The lowest BCUT2D eigenvalue weighted by atomic mass is 9.90. The molecule has 0 unspecified atom stereocenters. The maximum absolute atomic E-state index is 13.6. The van der Waals surface area contributed by atoms with E-state index in [1.165, 1.54) is 42.0 Å². The summed E-state index contributed by atoms with van der Waals surface area (Å²) in [6.45, 7) is 2.89. The Labute approximate surface area is 219 Å². The molecule has 5 rings (SSSR count). The molecule has 10 nitrogen and oxygen atoms in total. The normalized spacial score (nSPS) is 23.5. The maximum Gasteiger partial charge on any atom is 0.335 e. The fraction of sp³-hybridized carbons (Fsp3) is 0.400. The molecule has 196 valence electrons. The maximum atomic E-state index is 13.6. The summed E-state index contributed by atoms with van der Waals surface area (Å²) < 4.78 is 30.6. The monoisotopic (exact) mass is 543 g/mol. The van der Waals surface area contributed by atoms with Gasteiger partial charge in [0.25, 0.3) is 0 Å². The van der Waals surface area contributed by atoms with Gasteiger partial charge in [0.1, 0.15) is 18.2 Å². The van der Waals surface area contributed by atoms with E-state index in [1.54, 1.807) is 0 Å². The Bertz CT molecular complexity index is 1410. The predicted molar refractivity (Wildman–Crippen MR) is 140 cm³/mol. The second-order valence-corrected chi connectivity index (χ2v) is 12.0. The average Bonchev–Trinajstić information content (AvgIpc) is 3.44. The van der Waals surface area contributed by atoms with Gasteiger partial charge in [-0.25, -0.2) is 9.97 Å². The van der Waals surface area contributed by atoms with Gasteiger partial charge in [-0.2, -0.15) is 13.1 Å². The molecular weight excluding hydrogens is 514 g/mol. The summed E-state index contributed by atoms with van der Waals surface area (Å²) >= 11 is 1.44. The van der Waals surface area contributed by atoms with Gasteiger partial charge < -0.3 is 15.7 Å². The highest BCUT2D eigenvalue weighted by Crippen LogP contribution is 2.36. The lowest BCUT2D eigenvalue weighted by Crippen LogP contribution is -2.31. The predicted octanol–water partition coefficient (Wildman–Crippen LogP) is 2.10. The number of aliphatic hydroxyl groups excluding tert-OH is 1. The highest BCUT2D eigenvalue weighted by atomic mass is 32.2. The fourth-order valence-corrected chi connectivity index (χ4v) is 6.66. The molecule has 3 heterocycles. The number of aryl methyl sites for hydroxylation is 1. The van der Waals surface area contributed by atoms with E-state index in [9.17, 15) is 18.3 Å². The zero-order valence-corrected chi connectivity index (χ0v) is 22.1. The molecule has 12 heteroatoms. The molecule has 2 aliphatic rings. The highest BCUT2D eigenvalue weighted by Gasteiger charge is 2.37. The van der Waals surface area contributed by atoms with Gasteiger partial charge >= 0.3 is 10.3 Å². The molecule has 37 heavy (non-hydrogen) atoms. The van der Waals surface area contributed by atoms with Crippen LogP contribution >= 0.6 is 11.3 Å². The first-order valence-electron chi connectivity index (χ1n) is 12.1. The smallest absolute Gasteiger partial charge is 0.335 e. The van der Waals surface area contributed by atoms with Crippen molar-refractivity contribution in [2.45, 2.75) is 50.5 Å². The van der Waals surface area contributed by atoms with Crippen molar-refractivity contribution in [3.8, 4) is 0 Å². The number of rotatable bonds is 8. The van der Waals surface area contributed by atoms with Crippen molar-refractivity contribution in [3.63, 3.8) is 0 Å². The number of nitrogens with zero attached hydrogens (tertiary/aromatic N) is 2. The molecule has 1 aromatic carbocycles. The lowest BCUT2D eigenvalue weighted by molar-refractivity contribution is 0.0636. The third kappa shape index (κ3) is 5.44. The van der Waals surface area contributed by atoms with E-state index in [4.69, 9.17) is 4.18 Å². The third-order valence-electron chi connectivity index (χ3n) is 6.87. The minimum absolute atomic E-state index is 0.0261. The summed E-state index contributed by atoms with van der Waals surface area (Å²) in [5, 5.41) is 17.1. The van der Waals surface area contributed by atoms with Gasteiger partial charge in [0.15, 0.2) is 0 Å². The van der Waals surface area contributed by atoms with Crippen LogP contribution in [0, 0.1) is 6.92 Å². The second-order valence-electron chi connectivity index (χ2n) is 9.25. The van der Waals surface area contributed by atoms with Gasteiger partial charge in [0, 0.05) is 30.7 Å². The molecule has 0 saturated heterocycles. The number of carbonyl (C=O) groups is 1. The fourth-order valence-electron chi connectivity index (χ4n) is 5.02. The van der Waals surface area contributed by atoms with Gasteiger partial charge in [0.2, 0.25) is 5.78 Å². The van der Waals surface area contributed by atoms with Crippen LogP contribution in [-0.2, 0) is 20.9 Å². The Balaban J connectivity index is 1.36. The van der Waals surface area contributed by atoms with Crippen molar-refractivity contribution in [2.75, 3.05) is 18.9 Å². The zero-order chi connectivity index (χ0) is 26.2. The third-order valence-corrected chi connectivity index (χ3v) is 8.94. The first-order valence-corrected chi connectivity index (χ1v) is 14.3.